The van der Waals surface area contributed by atoms with Crippen molar-refractivity contribution in [1.82, 2.24) is 4.98 Å². The van der Waals surface area contributed by atoms with Gasteiger partial charge in [0.2, 0.25) is 6.79 Å². The number of aromatic nitrogens is 1. The van der Waals surface area contributed by atoms with E-state index in [1.807, 2.05) is 0 Å². The Balaban J connectivity index is 1.45. The monoisotopic (exact) mass is 387 g/mol. The van der Waals surface area contributed by atoms with Gasteiger partial charge in [0.05, 0.1) is 17.6 Å². The maximum absolute atomic E-state index is 13.7. The number of rotatable bonds is 4. The van der Waals surface area contributed by atoms with E-state index in [1.165, 1.54) is 18.3 Å². The number of ether oxygens (including phenoxy) is 2. The second kappa shape index (κ2) is 7.10. The van der Waals surface area contributed by atoms with Crippen LogP contribution in [0.5, 0.6) is 11.5 Å². The molecule has 0 fully saturated rings. The van der Waals surface area contributed by atoms with Crippen molar-refractivity contribution >= 4 is 23.1 Å². The van der Waals surface area contributed by atoms with Crippen LogP contribution in [0.1, 0.15) is 10.4 Å². The molecule has 9 heteroatoms. The van der Waals surface area contributed by atoms with E-state index in [4.69, 9.17) is 9.47 Å². The van der Waals surface area contributed by atoms with Gasteiger partial charge in [-0.2, -0.15) is 0 Å². The third-order valence-electron chi connectivity index (χ3n) is 3.95. The van der Waals surface area contributed by atoms with Crippen LogP contribution in [0, 0.1) is 17.5 Å². The van der Waals surface area contributed by atoms with Crippen LogP contribution < -0.4 is 20.1 Å². The van der Waals surface area contributed by atoms with Crippen molar-refractivity contribution in [2.24, 2.45) is 0 Å². The summed E-state index contributed by atoms with van der Waals surface area (Å²) in [5.74, 6) is -3.28. The average Bonchev–Trinajstić information content (AvgIpc) is 3.17. The Labute approximate surface area is 156 Å². The Morgan fingerprint density at radius 2 is 1.79 bits per heavy atom. The van der Waals surface area contributed by atoms with Gasteiger partial charge in [-0.05, 0) is 42.5 Å². The van der Waals surface area contributed by atoms with Crippen LogP contribution in [-0.4, -0.2) is 17.7 Å². The first-order valence-corrected chi connectivity index (χ1v) is 8.09. The normalized spacial score (nSPS) is 12.0. The molecule has 2 aromatic carbocycles. The minimum Gasteiger partial charge on any atom is -0.454 e. The number of hydrogen-bond acceptors (Lipinski definition) is 5. The van der Waals surface area contributed by atoms with E-state index in [0.717, 1.165) is 12.1 Å². The van der Waals surface area contributed by atoms with E-state index in [9.17, 15) is 18.0 Å². The van der Waals surface area contributed by atoms with Gasteiger partial charge in [-0.1, -0.05) is 0 Å². The number of nitrogens with zero attached hydrogens (tertiary/aromatic N) is 1. The van der Waals surface area contributed by atoms with E-state index >= 15 is 0 Å². The minimum absolute atomic E-state index is 0.106. The predicted molar refractivity (Wildman–Crippen MR) is 94.4 cm³/mol. The van der Waals surface area contributed by atoms with Gasteiger partial charge in [0.1, 0.15) is 5.82 Å². The number of nitrogens with one attached hydrogen (secondary N) is 2. The van der Waals surface area contributed by atoms with E-state index in [0.29, 0.717) is 22.7 Å². The highest BCUT2D eigenvalue weighted by Gasteiger charge is 2.17. The number of halogens is 3. The smallest absolute Gasteiger partial charge is 0.256 e. The van der Waals surface area contributed by atoms with Gasteiger partial charge < -0.3 is 20.1 Å². The zero-order valence-electron chi connectivity index (χ0n) is 14.1. The van der Waals surface area contributed by atoms with Crippen molar-refractivity contribution in [2.45, 2.75) is 0 Å². The van der Waals surface area contributed by atoms with Crippen molar-refractivity contribution in [3.05, 3.63) is 71.7 Å². The van der Waals surface area contributed by atoms with E-state index in [1.54, 1.807) is 18.2 Å². The van der Waals surface area contributed by atoms with Crippen LogP contribution >= 0.6 is 0 Å². The Morgan fingerprint density at radius 1 is 0.964 bits per heavy atom. The lowest BCUT2D eigenvalue weighted by molar-refractivity contribution is 0.102. The number of pyridine rings is 1. The quantitative estimate of drug-likeness (QED) is 0.656. The number of carbonyl (C=O) groups excluding carboxylic acids is 1. The fourth-order valence-electron chi connectivity index (χ4n) is 2.55. The number of hydrogen-bond donors (Lipinski definition) is 2. The predicted octanol–water partition coefficient (Wildman–Crippen LogP) is 4.22. The molecule has 6 nitrogen and oxygen atoms in total. The summed E-state index contributed by atoms with van der Waals surface area (Å²) in [5.41, 5.74) is 0.445. The number of benzene rings is 2. The van der Waals surface area contributed by atoms with Gasteiger partial charge >= 0.3 is 0 Å². The molecule has 4 rings (SSSR count). The highest BCUT2D eigenvalue weighted by Crippen LogP contribution is 2.32. The summed E-state index contributed by atoms with van der Waals surface area (Å²) < 4.78 is 50.4. The zero-order valence-corrected chi connectivity index (χ0v) is 14.1. The van der Waals surface area contributed by atoms with Gasteiger partial charge in [0.15, 0.2) is 29.0 Å². The number of amides is 1. The van der Waals surface area contributed by atoms with Gasteiger partial charge in [-0.3, -0.25) is 4.79 Å². The average molecular weight is 387 g/mol. The minimum atomic E-state index is -1.56. The van der Waals surface area contributed by atoms with Crippen molar-refractivity contribution in [1.29, 1.82) is 0 Å². The van der Waals surface area contributed by atoms with Gasteiger partial charge in [0.25, 0.3) is 5.91 Å². The van der Waals surface area contributed by atoms with Crippen molar-refractivity contribution in [2.75, 3.05) is 17.4 Å². The Kier molecular flexibility index (Phi) is 4.48. The SMILES string of the molecule is O=C(Nc1ccc(Nc2ccc(F)c(F)c2F)cn1)c1ccc2c(c1)OCO2. The molecule has 1 aliphatic heterocycles. The van der Waals surface area contributed by atoms with Crippen molar-refractivity contribution in [3.63, 3.8) is 0 Å². The molecule has 1 amide bonds. The molecule has 1 aliphatic rings. The summed E-state index contributed by atoms with van der Waals surface area (Å²) in [6.07, 6.45) is 1.32. The standard InChI is InChI=1S/C19H12F3N3O3/c20-12-3-4-13(18(22)17(12)21)24-11-2-6-16(23-8-11)25-19(26)10-1-5-14-15(7-10)28-9-27-14/h1-8,24H,9H2,(H,23,25,26). The second-order valence-corrected chi connectivity index (χ2v) is 5.80. The topological polar surface area (TPSA) is 72.5 Å². The molecule has 0 unspecified atom stereocenters. The molecular formula is C19H12F3N3O3. The number of carbonyl (C=O) groups is 1. The van der Waals surface area contributed by atoms with Crippen LogP contribution in [-0.2, 0) is 0 Å². The largest absolute Gasteiger partial charge is 0.454 e. The van der Waals surface area contributed by atoms with Crippen molar-refractivity contribution < 1.29 is 27.4 Å². The molecule has 2 N–H and O–H groups in total. The van der Waals surface area contributed by atoms with E-state index in [2.05, 4.69) is 15.6 Å². The lowest BCUT2D eigenvalue weighted by Gasteiger charge is -2.09. The second-order valence-electron chi connectivity index (χ2n) is 5.80. The van der Waals surface area contributed by atoms with Crippen LogP contribution in [0.4, 0.5) is 30.4 Å². The highest BCUT2D eigenvalue weighted by atomic mass is 19.2. The van der Waals surface area contributed by atoms with Gasteiger partial charge in [0, 0.05) is 5.56 Å². The van der Waals surface area contributed by atoms with E-state index < -0.39 is 23.4 Å². The van der Waals surface area contributed by atoms with Crippen LogP contribution in [0.2, 0.25) is 0 Å². The molecule has 0 spiro atoms. The fraction of sp³-hybridized carbons (Fsp3) is 0.0526. The van der Waals surface area contributed by atoms with Crippen LogP contribution in [0.15, 0.2) is 48.7 Å². The molecule has 142 valence electrons. The Hall–Kier alpha value is -3.75. The van der Waals surface area contributed by atoms with Crippen LogP contribution in [0.25, 0.3) is 0 Å². The Morgan fingerprint density at radius 3 is 2.57 bits per heavy atom. The third-order valence-corrected chi connectivity index (χ3v) is 3.95. The summed E-state index contributed by atoms with van der Waals surface area (Å²) in [5, 5.41) is 5.20. The van der Waals surface area contributed by atoms with Crippen LogP contribution in [0.3, 0.4) is 0 Å². The highest BCUT2D eigenvalue weighted by molar-refractivity contribution is 6.04. The van der Waals surface area contributed by atoms with Crippen molar-refractivity contribution in [3.8, 4) is 11.5 Å². The first-order valence-electron chi connectivity index (χ1n) is 8.09. The molecule has 0 atom stereocenters. The Bertz CT molecular complexity index is 1060. The molecule has 3 aromatic rings. The first-order chi connectivity index (χ1) is 13.5. The molecule has 0 saturated carbocycles. The van der Waals surface area contributed by atoms with E-state index in [-0.39, 0.29) is 18.3 Å². The lowest BCUT2D eigenvalue weighted by atomic mass is 10.2. The zero-order chi connectivity index (χ0) is 19.7. The maximum atomic E-state index is 13.7. The number of anilines is 3. The summed E-state index contributed by atoms with van der Waals surface area (Å²) in [6, 6.07) is 9.64. The summed E-state index contributed by atoms with van der Waals surface area (Å²) >= 11 is 0. The molecular weight excluding hydrogens is 375 g/mol. The summed E-state index contributed by atoms with van der Waals surface area (Å²) in [7, 11) is 0. The lowest BCUT2D eigenvalue weighted by Crippen LogP contribution is -2.12. The molecule has 0 aliphatic carbocycles. The molecule has 28 heavy (non-hydrogen) atoms. The van der Waals surface area contributed by atoms with Gasteiger partial charge in [-0.15, -0.1) is 0 Å². The van der Waals surface area contributed by atoms with Gasteiger partial charge in [-0.25, -0.2) is 18.2 Å². The molecule has 0 bridgehead atoms. The third kappa shape index (κ3) is 3.41. The first kappa shape index (κ1) is 17.7. The summed E-state index contributed by atoms with van der Waals surface area (Å²) in [4.78, 5) is 16.4. The molecule has 0 saturated heterocycles. The fourth-order valence-corrected chi connectivity index (χ4v) is 2.55. The number of fused-ring (bicyclic) bond motifs is 1. The molecule has 2 heterocycles. The molecule has 0 radical (unpaired) electrons. The molecule has 1 aromatic heterocycles. The maximum Gasteiger partial charge on any atom is 0.256 e. The summed E-state index contributed by atoms with van der Waals surface area (Å²) in [6.45, 7) is 0.106.